The fraction of sp³-hybridized carbons (Fsp3) is 0.235. The molecule has 0 bridgehead atoms. The first kappa shape index (κ1) is 16.1. The number of nitrogens with one attached hydrogen (secondary N) is 1. The van der Waals surface area contributed by atoms with Crippen molar-refractivity contribution in [2.75, 3.05) is 19.5 Å². The number of para-hydroxylation sites is 1. The number of hydrogen-bond acceptors (Lipinski definition) is 5. The highest BCUT2D eigenvalue weighted by Gasteiger charge is 2.25. The Morgan fingerprint density at radius 3 is 2.48 bits per heavy atom. The molecule has 0 amide bonds. The van der Waals surface area contributed by atoms with Crippen LogP contribution in [0.2, 0.25) is 0 Å². The molecule has 0 atom stereocenters. The molecular weight excluding hydrogens is 292 g/mol. The van der Waals surface area contributed by atoms with Crippen molar-refractivity contribution < 1.29 is 14.5 Å². The molecule has 2 rings (SSSR count). The van der Waals surface area contributed by atoms with Crippen molar-refractivity contribution in [3.63, 3.8) is 0 Å². The number of rotatable bonds is 5. The fourth-order valence-corrected chi connectivity index (χ4v) is 2.28. The van der Waals surface area contributed by atoms with Crippen LogP contribution in [-0.4, -0.2) is 13.7 Å². The highest BCUT2D eigenvalue weighted by atomic mass is 16.5. The summed E-state index contributed by atoms with van der Waals surface area (Å²) in [5.74, 6) is 0.947. The summed E-state index contributed by atoms with van der Waals surface area (Å²) >= 11 is 0. The molecule has 0 radical (unpaired) electrons. The minimum atomic E-state index is 0.142. The number of aromatic nitrogens is 1. The zero-order chi connectivity index (χ0) is 16.8. The third-order valence-corrected chi connectivity index (χ3v) is 3.29. The average molecular weight is 309 g/mol. The maximum Gasteiger partial charge on any atom is 0.300 e. The summed E-state index contributed by atoms with van der Waals surface area (Å²) in [5.41, 5.74) is 7.36. The van der Waals surface area contributed by atoms with Gasteiger partial charge in [-0.05, 0) is 12.5 Å². The number of H-pyrrole nitrogens is 1. The summed E-state index contributed by atoms with van der Waals surface area (Å²) in [6.07, 6.45) is 0.846. The molecule has 0 aliphatic carbocycles. The van der Waals surface area contributed by atoms with Gasteiger partial charge in [0.05, 0.1) is 13.7 Å². The summed E-state index contributed by atoms with van der Waals surface area (Å²) in [6.45, 7) is 2.54. The number of methoxy groups -OCH3 is 1. The van der Waals surface area contributed by atoms with Crippen LogP contribution in [0.3, 0.4) is 0 Å². The fourth-order valence-electron chi connectivity index (χ4n) is 2.28. The number of aromatic amines is 1. The maximum atomic E-state index is 9.53. The van der Waals surface area contributed by atoms with Crippen molar-refractivity contribution in [1.82, 2.24) is 0 Å². The Bertz CT molecular complexity index is 803. The molecule has 1 aromatic heterocycles. The van der Waals surface area contributed by atoms with Crippen molar-refractivity contribution in [3.8, 4) is 34.9 Å². The van der Waals surface area contributed by atoms with Crippen LogP contribution in [-0.2, 0) is 0 Å². The predicted molar refractivity (Wildman–Crippen MR) is 84.6 cm³/mol. The van der Waals surface area contributed by atoms with Crippen LogP contribution in [0, 0.1) is 22.7 Å². The molecule has 0 fully saturated rings. The Morgan fingerprint density at radius 2 is 1.87 bits per heavy atom. The standard InChI is InChI=1S/C17H16N4O2/c1-3-8-23-14-7-5-4-6-11(14)15-12(9-18)16(20)21-17(22-2)13(15)10-19/h4-7H,3,8H2,1-2H3,(H2,20,21)/p+1. The summed E-state index contributed by atoms with van der Waals surface area (Å²) in [6, 6.07) is 11.4. The number of nitrogens with two attached hydrogens (primary N) is 1. The first-order valence-electron chi connectivity index (χ1n) is 7.13. The van der Waals surface area contributed by atoms with Crippen molar-refractivity contribution in [2.24, 2.45) is 0 Å². The van der Waals surface area contributed by atoms with Gasteiger partial charge in [-0.15, -0.1) is 0 Å². The van der Waals surface area contributed by atoms with Gasteiger partial charge in [0.25, 0.3) is 5.82 Å². The first-order valence-corrected chi connectivity index (χ1v) is 7.13. The lowest BCUT2D eigenvalue weighted by Crippen LogP contribution is -2.18. The molecule has 0 unspecified atom stereocenters. The van der Waals surface area contributed by atoms with E-state index in [0.717, 1.165) is 6.42 Å². The molecule has 0 saturated heterocycles. The number of benzene rings is 1. The van der Waals surface area contributed by atoms with E-state index in [9.17, 15) is 10.5 Å². The van der Waals surface area contributed by atoms with Gasteiger partial charge in [0.2, 0.25) is 0 Å². The van der Waals surface area contributed by atoms with Gasteiger partial charge in [0.15, 0.2) is 5.56 Å². The second-order valence-corrected chi connectivity index (χ2v) is 4.77. The number of anilines is 1. The van der Waals surface area contributed by atoms with E-state index in [4.69, 9.17) is 15.2 Å². The summed E-state index contributed by atoms with van der Waals surface area (Å²) in [7, 11) is 1.43. The molecule has 0 saturated carbocycles. The molecule has 1 aromatic carbocycles. The minimum absolute atomic E-state index is 0.142. The Hall–Kier alpha value is -3.25. The van der Waals surface area contributed by atoms with Gasteiger partial charge in [-0.2, -0.15) is 10.5 Å². The van der Waals surface area contributed by atoms with Crippen LogP contribution in [0.25, 0.3) is 11.1 Å². The summed E-state index contributed by atoms with van der Waals surface area (Å²) < 4.78 is 10.9. The third kappa shape index (κ3) is 3.02. The smallest absolute Gasteiger partial charge is 0.300 e. The van der Waals surface area contributed by atoms with Gasteiger partial charge >= 0.3 is 5.88 Å². The van der Waals surface area contributed by atoms with Crippen LogP contribution in [0.5, 0.6) is 11.6 Å². The van der Waals surface area contributed by atoms with Gasteiger partial charge < -0.3 is 9.47 Å². The summed E-state index contributed by atoms with van der Waals surface area (Å²) in [4.78, 5) is 2.74. The Morgan fingerprint density at radius 1 is 1.17 bits per heavy atom. The second-order valence-electron chi connectivity index (χ2n) is 4.77. The minimum Gasteiger partial charge on any atom is -0.493 e. The Kier molecular flexibility index (Phi) is 5.01. The number of pyridine rings is 1. The zero-order valence-corrected chi connectivity index (χ0v) is 13.0. The number of nitrogen functional groups attached to an aromatic ring is 1. The lowest BCUT2D eigenvalue weighted by atomic mass is 9.95. The average Bonchev–Trinajstić information content (AvgIpc) is 2.59. The zero-order valence-electron chi connectivity index (χ0n) is 13.0. The van der Waals surface area contributed by atoms with Crippen LogP contribution >= 0.6 is 0 Å². The van der Waals surface area contributed by atoms with Crippen molar-refractivity contribution in [3.05, 3.63) is 35.4 Å². The number of nitrogens with zero attached hydrogens (tertiary/aromatic N) is 2. The van der Waals surface area contributed by atoms with E-state index in [1.54, 1.807) is 12.1 Å². The molecule has 2 aromatic rings. The van der Waals surface area contributed by atoms with E-state index in [1.165, 1.54) is 7.11 Å². The van der Waals surface area contributed by atoms with Crippen LogP contribution in [0.1, 0.15) is 24.5 Å². The van der Waals surface area contributed by atoms with E-state index < -0.39 is 0 Å². The van der Waals surface area contributed by atoms with E-state index in [2.05, 4.69) is 17.1 Å². The van der Waals surface area contributed by atoms with Gasteiger partial charge in [-0.25, -0.2) is 4.98 Å². The quantitative estimate of drug-likeness (QED) is 0.912. The van der Waals surface area contributed by atoms with E-state index >= 15 is 0 Å². The second kappa shape index (κ2) is 7.15. The van der Waals surface area contributed by atoms with Crippen molar-refractivity contribution >= 4 is 5.82 Å². The molecular formula is C17H17N4O2+. The predicted octanol–water partition coefficient (Wildman–Crippen LogP) is 2.29. The van der Waals surface area contributed by atoms with Crippen LogP contribution in [0.15, 0.2) is 24.3 Å². The Balaban J connectivity index is 2.80. The first-order chi connectivity index (χ1) is 11.2. The molecule has 6 nitrogen and oxygen atoms in total. The lowest BCUT2D eigenvalue weighted by molar-refractivity contribution is -0.376. The molecule has 23 heavy (non-hydrogen) atoms. The van der Waals surface area contributed by atoms with Crippen LogP contribution in [0.4, 0.5) is 5.82 Å². The molecule has 0 spiro atoms. The number of nitriles is 2. The van der Waals surface area contributed by atoms with Gasteiger partial charge in [0, 0.05) is 11.1 Å². The van der Waals surface area contributed by atoms with E-state index in [-0.39, 0.29) is 22.8 Å². The van der Waals surface area contributed by atoms with Gasteiger partial charge in [-0.3, -0.25) is 5.73 Å². The SMILES string of the molecule is CCCOc1ccccc1-c1c(C#N)c(N)[nH+]c(OC)c1C#N. The highest BCUT2D eigenvalue weighted by Crippen LogP contribution is 2.38. The van der Waals surface area contributed by atoms with Gasteiger partial charge in [-0.1, -0.05) is 25.1 Å². The van der Waals surface area contributed by atoms with Gasteiger partial charge in [0.1, 0.15) is 23.5 Å². The molecule has 116 valence electrons. The topological polar surface area (TPSA) is 106 Å². The third-order valence-electron chi connectivity index (χ3n) is 3.29. The monoisotopic (exact) mass is 309 g/mol. The van der Waals surface area contributed by atoms with Crippen molar-refractivity contribution in [2.45, 2.75) is 13.3 Å². The molecule has 0 aliphatic rings. The largest absolute Gasteiger partial charge is 0.493 e. The van der Waals surface area contributed by atoms with Crippen LogP contribution < -0.4 is 20.2 Å². The Labute approximate surface area is 134 Å². The van der Waals surface area contributed by atoms with E-state index in [0.29, 0.717) is 23.5 Å². The lowest BCUT2D eigenvalue weighted by Gasteiger charge is -2.14. The molecule has 3 N–H and O–H groups in total. The maximum absolute atomic E-state index is 9.53. The number of hydrogen-bond donors (Lipinski definition) is 1. The van der Waals surface area contributed by atoms with Crippen molar-refractivity contribution in [1.29, 1.82) is 10.5 Å². The molecule has 6 heteroatoms. The van der Waals surface area contributed by atoms with E-state index in [1.807, 2.05) is 19.1 Å². The highest BCUT2D eigenvalue weighted by molar-refractivity contribution is 5.84. The molecule has 0 aliphatic heterocycles. The number of ether oxygens (including phenoxy) is 2. The normalized spacial score (nSPS) is 9.74. The molecule has 1 heterocycles. The summed E-state index contributed by atoms with van der Waals surface area (Å²) in [5, 5.41) is 19.0.